The highest BCUT2D eigenvalue weighted by molar-refractivity contribution is 6.30. The van der Waals surface area contributed by atoms with Crippen molar-refractivity contribution in [1.82, 2.24) is 0 Å². The number of hydrogen-bond acceptors (Lipinski definition) is 1. The van der Waals surface area contributed by atoms with Crippen LogP contribution in [0.2, 0.25) is 5.02 Å². The summed E-state index contributed by atoms with van der Waals surface area (Å²) in [7, 11) is 0. The SMILES string of the molecule is Clc1ccc(C2=CCCOCC2)cc1. The average Bonchev–Trinajstić information content (AvgIpc) is 2.47. The van der Waals surface area contributed by atoms with Gasteiger partial charge in [-0.05, 0) is 36.1 Å². The van der Waals surface area contributed by atoms with Gasteiger partial charge in [-0.2, -0.15) is 0 Å². The third-order valence-electron chi connectivity index (χ3n) is 2.38. The van der Waals surface area contributed by atoms with E-state index in [1.165, 1.54) is 11.1 Å². The van der Waals surface area contributed by atoms with E-state index < -0.39 is 0 Å². The first-order chi connectivity index (χ1) is 6.86. The Balaban J connectivity index is 2.20. The standard InChI is InChI=1S/C12H13ClO/c13-12-5-3-11(4-6-12)10-2-1-8-14-9-7-10/h2-6H,1,7-9H2. The molecular formula is C12H13ClO. The molecule has 1 nitrogen and oxygen atoms in total. The van der Waals surface area contributed by atoms with Crippen molar-refractivity contribution in [3.63, 3.8) is 0 Å². The molecule has 0 radical (unpaired) electrons. The Labute approximate surface area is 89.3 Å². The molecule has 0 atom stereocenters. The maximum absolute atomic E-state index is 5.84. The summed E-state index contributed by atoms with van der Waals surface area (Å²) in [4.78, 5) is 0. The highest BCUT2D eigenvalue weighted by Crippen LogP contribution is 2.22. The van der Waals surface area contributed by atoms with E-state index in [1.807, 2.05) is 12.1 Å². The van der Waals surface area contributed by atoms with Gasteiger partial charge in [-0.3, -0.25) is 0 Å². The van der Waals surface area contributed by atoms with Crippen LogP contribution >= 0.6 is 11.6 Å². The molecule has 0 saturated heterocycles. The van der Waals surface area contributed by atoms with E-state index in [0.29, 0.717) is 0 Å². The molecule has 2 rings (SSSR count). The number of benzene rings is 1. The van der Waals surface area contributed by atoms with E-state index in [1.54, 1.807) is 0 Å². The van der Waals surface area contributed by atoms with Gasteiger partial charge in [0.2, 0.25) is 0 Å². The van der Waals surface area contributed by atoms with Crippen LogP contribution in [0.15, 0.2) is 30.3 Å². The Morgan fingerprint density at radius 1 is 1.07 bits per heavy atom. The second kappa shape index (κ2) is 4.63. The maximum atomic E-state index is 5.84. The Hall–Kier alpha value is -0.790. The minimum absolute atomic E-state index is 0.791. The number of hydrogen-bond donors (Lipinski definition) is 0. The van der Waals surface area contributed by atoms with E-state index in [2.05, 4.69) is 18.2 Å². The molecule has 1 aliphatic rings. The van der Waals surface area contributed by atoms with E-state index in [-0.39, 0.29) is 0 Å². The van der Waals surface area contributed by atoms with Crippen LogP contribution in [-0.4, -0.2) is 13.2 Å². The summed E-state index contributed by atoms with van der Waals surface area (Å²) in [6, 6.07) is 8.01. The largest absolute Gasteiger partial charge is 0.381 e. The second-order valence-electron chi connectivity index (χ2n) is 3.39. The molecule has 1 aliphatic heterocycles. The monoisotopic (exact) mass is 208 g/mol. The molecule has 0 spiro atoms. The molecule has 0 aliphatic carbocycles. The Morgan fingerprint density at radius 3 is 2.64 bits per heavy atom. The van der Waals surface area contributed by atoms with Crippen molar-refractivity contribution in [2.75, 3.05) is 13.2 Å². The van der Waals surface area contributed by atoms with Crippen molar-refractivity contribution in [1.29, 1.82) is 0 Å². The van der Waals surface area contributed by atoms with Gasteiger partial charge in [0, 0.05) is 5.02 Å². The second-order valence-corrected chi connectivity index (χ2v) is 3.82. The minimum atomic E-state index is 0.791. The first-order valence-electron chi connectivity index (χ1n) is 4.89. The molecule has 74 valence electrons. The number of ether oxygens (including phenoxy) is 1. The smallest absolute Gasteiger partial charge is 0.0506 e. The lowest BCUT2D eigenvalue weighted by atomic mass is 10.0. The van der Waals surface area contributed by atoms with Crippen LogP contribution in [0, 0.1) is 0 Å². The van der Waals surface area contributed by atoms with Gasteiger partial charge >= 0.3 is 0 Å². The molecule has 1 aromatic rings. The molecule has 1 heterocycles. The third-order valence-corrected chi connectivity index (χ3v) is 2.64. The van der Waals surface area contributed by atoms with Gasteiger partial charge < -0.3 is 4.74 Å². The topological polar surface area (TPSA) is 9.23 Å². The lowest BCUT2D eigenvalue weighted by Crippen LogP contribution is -1.92. The maximum Gasteiger partial charge on any atom is 0.0506 e. The molecule has 0 bridgehead atoms. The quantitative estimate of drug-likeness (QED) is 0.686. The summed E-state index contributed by atoms with van der Waals surface area (Å²) in [6.07, 6.45) is 4.27. The molecule has 0 amide bonds. The molecular weight excluding hydrogens is 196 g/mol. The van der Waals surface area contributed by atoms with Crippen molar-refractivity contribution >= 4 is 17.2 Å². The van der Waals surface area contributed by atoms with Crippen molar-refractivity contribution in [3.05, 3.63) is 40.9 Å². The van der Waals surface area contributed by atoms with Gasteiger partial charge in [0.1, 0.15) is 0 Å². The molecule has 0 unspecified atom stereocenters. The predicted molar refractivity (Wildman–Crippen MR) is 59.5 cm³/mol. The van der Waals surface area contributed by atoms with E-state index >= 15 is 0 Å². The Morgan fingerprint density at radius 2 is 1.86 bits per heavy atom. The summed E-state index contributed by atoms with van der Waals surface area (Å²) in [5.41, 5.74) is 2.64. The zero-order chi connectivity index (χ0) is 9.80. The first-order valence-corrected chi connectivity index (χ1v) is 5.27. The zero-order valence-corrected chi connectivity index (χ0v) is 8.76. The summed E-state index contributed by atoms with van der Waals surface area (Å²) < 4.78 is 5.39. The van der Waals surface area contributed by atoms with E-state index in [4.69, 9.17) is 16.3 Å². The summed E-state index contributed by atoms with van der Waals surface area (Å²) in [5, 5.41) is 0.791. The number of rotatable bonds is 1. The van der Waals surface area contributed by atoms with Crippen LogP contribution in [0.25, 0.3) is 5.57 Å². The zero-order valence-electron chi connectivity index (χ0n) is 8.00. The first kappa shape index (κ1) is 9.75. The molecule has 14 heavy (non-hydrogen) atoms. The molecule has 0 aromatic heterocycles. The highest BCUT2D eigenvalue weighted by atomic mass is 35.5. The van der Waals surface area contributed by atoms with Gasteiger partial charge in [-0.1, -0.05) is 29.8 Å². The lowest BCUT2D eigenvalue weighted by Gasteiger charge is -2.04. The van der Waals surface area contributed by atoms with Gasteiger partial charge in [0.05, 0.1) is 13.2 Å². The molecule has 0 saturated carbocycles. The van der Waals surface area contributed by atoms with Crippen molar-refractivity contribution in [2.45, 2.75) is 12.8 Å². The van der Waals surface area contributed by atoms with Gasteiger partial charge in [-0.25, -0.2) is 0 Å². The molecule has 0 fully saturated rings. The normalized spacial score (nSPS) is 17.4. The van der Waals surface area contributed by atoms with Crippen molar-refractivity contribution in [3.8, 4) is 0 Å². The van der Waals surface area contributed by atoms with Crippen molar-refractivity contribution < 1.29 is 4.74 Å². The molecule has 1 aromatic carbocycles. The van der Waals surface area contributed by atoms with Crippen LogP contribution in [0.5, 0.6) is 0 Å². The van der Waals surface area contributed by atoms with Crippen molar-refractivity contribution in [2.24, 2.45) is 0 Å². The van der Waals surface area contributed by atoms with Gasteiger partial charge in [-0.15, -0.1) is 0 Å². The van der Waals surface area contributed by atoms with Gasteiger partial charge in [0.25, 0.3) is 0 Å². The fraction of sp³-hybridized carbons (Fsp3) is 0.333. The summed E-state index contributed by atoms with van der Waals surface area (Å²) >= 11 is 5.84. The molecule has 2 heteroatoms. The highest BCUT2D eigenvalue weighted by Gasteiger charge is 2.04. The molecule has 0 N–H and O–H groups in total. The van der Waals surface area contributed by atoms with Crippen LogP contribution < -0.4 is 0 Å². The van der Waals surface area contributed by atoms with Crippen LogP contribution in [0.1, 0.15) is 18.4 Å². The number of halogens is 1. The summed E-state index contributed by atoms with van der Waals surface area (Å²) in [5.74, 6) is 0. The fourth-order valence-corrected chi connectivity index (χ4v) is 1.75. The predicted octanol–water partition coefficient (Wildman–Crippen LogP) is 3.53. The van der Waals surface area contributed by atoms with Crippen LogP contribution in [0.4, 0.5) is 0 Å². The Bertz CT molecular complexity index is 327. The van der Waals surface area contributed by atoms with Crippen LogP contribution in [-0.2, 0) is 4.74 Å². The lowest BCUT2D eigenvalue weighted by molar-refractivity contribution is 0.148. The summed E-state index contributed by atoms with van der Waals surface area (Å²) in [6.45, 7) is 1.67. The third kappa shape index (κ3) is 2.37. The Kier molecular flexibility index (Phi) is 3.22. The van der Waals surface area contributed by atoms with Crippen LogP contribution in [0.3, 0.4) is 0 Å². The van der Waals surface area contributed by atoms with Gasteiger partial charge in [0.15, 0.2) is 0 Å². The fourth-order valence-electron chi connectivity index (χ4n) is 1.63. The van der Waals surface area contributed by atoms with E-state index in [0.717, 1.165) is 31.1 Å². The minimum Gasteiger partial charge on any atom is -0.381 e. The average molecular weight is 209 g/mol. The van der Waals surface area contributed by atoms with E-state index in [9.17, 15) is 0 Å².